The van der Waals surface area contributed by atoms with Gasteiger partial charge in [0.05, 0.1) is 48.7 Å². The van der Waals surface area contributed by atoms with Crippen LogP contribution in [-0.4, -0.2) is 127 Å². The molecular weight excluding hydrogens is 987 g/mol. The summed E-state index contributed by atoms with van der Waals surface area (Å²) in [5, 5.41) is 26.6. The highest BCUT2D eigenvalue weighted by Crippen LogP contribution is 2.49. The van der Waals surface area contributed by atoms with E-state index in [1.165, 1.54) is 27.2 Å². The van der Waals surface area contributed by atoms with E-state index in [1.807, 2.05) is 45.9 Å². The van der Waals surface area contributed by atoms with E-state index in [0.29, 0.717) is 9.67 Å². The minimum atomic E-state index is -1.99. The Morgan fingerprint density at radius 2 is 1.60 bits per heavy atom. The van der Waals surface area contributed by atoms with Crippen LogP contribution in [-0.2, 0) is 23.7 Å². The number of benzene rings is 3. The number of hydrogen-bond donors (Lipinski definition) is 3. The topological polar surface area (TPSA) is 192 Å². The molecule has 0 radical (unpaired) electrons. The summed E-state index contributed by atoms with van der Waals surface area (Å²) in [6, 6.07) is 3.72. The number of rotatable bonds is 7. The number of carbonyl (C=O) groups is 2. The normalized spacial score (nSPS) is 30.0. The van der Waals surface area contributed by atoms with E-state index < -0.39 is 53.1 Å². The van der Waals surface area contributed by atoms with E-state index in [9.17, 15) is 24.6 Å². The van der Waals surface area contributed by atoms with Crippen molar-refractivity contribution >= 4 is 78.6 Å². The third kappa shape index (κ3) is 9.45. The molecule has 4 aromatic rings. The fourth-order valence-corrected chi connectivity index (χ4v) is 10.7. The minimum Gasteiger partial charge on any atom is -0.505 e. The summed E-state index contributed by atoms with van der Waals surface area (Å²) in [5.74, 6) is -4.82. The number of halogens is 1. The summed E-state index contributed by atoms with van der Waals surface area (Å²) >= 11 is 2.44. The SMILES string of the molecule is COc1cc(N2CCN(CC(C)I)CC2)cc2oc3c4c(O)c5c(=O)c(C)c6c(c5c3nc12)C(=O)[C@@](C)(O/C=C/[C@H](OC)[C@@H](C)[C@@H](OC)[C@H](C)[C@H](O)[C@H](C)[C@@H](OC)[C@@H](C)/C=C/C=C(/C)C(=O)N4)O6. The molecule has 368 valence electrons. The van der Waals surface area contributed by atoms with Crippen molar-refractivity contribution in [3.63, 3.8) is 0 Å². The molecular formula is C51H65IN4O12. The van der Waals surface area contributed by atoms with Crippen molar-refractivity contribution in [3.05, 3.63) is 69.6 Å². The number of aliphatic hydroxyl groups is 1. The first-order chi connectivity index (χ1) is 32.3. The summed E-state index contributed by atoms with van der Waals surface area (Å²) in [7, 11) is 6.25. The molecule has 1 fully saturated rings. The van der Waals surface area contributed by atoms with Gasteiger partial charge in [-0.1, -0.05) is 75.4 Å². The number of fused-ring (bicyclic) bond motifs is 2. The van der Waals surface area contributed by atoms with Crippen molar-refractivity contribution in [3.8, 4) is 17.2 Å². The highest BCUT2D eigenvalue weighted by molar-refractivity contribution is 14.1. The van der Waals surface area contributed by atoms with Gasteiger partial charge >= 0.3 is 5.79 Å². The van der Waals surface area contributed by atoms with Crippen LogP contribution in [0.2, 0.25) is 0 Å². The summed E-state index contributed by atoms with van der Waals surface area (Å²) in [6.07, 6.45) is 5.83. The molecule has 3 aliphatic rings. The molecule has 1 aromatic heterocycles. The molecule has 10 atom stereocenters. The maximum Gasteiger partial charge on any atom is 0.312 e. The van der Waals surface area contributed by atoms with Gasteiger partial charge in [-0.15, -0.1) is 0 Å². The molecule has 0 spiro atoms. The van der Waals surface area contributed by atoms with Crippen LogP contribution in [0.5, 0.6) is 17.2 Å². The predicted molar refractivity (Wildman–Crippen MR) is 271 cm³/mol. The van der Waals surface area contributed by atoms with E-state index in [0.717, 1.165) is 38.4 Å². The molecule has 1 unspecified atom stereocenters. The van der Waals surface area contributed by atoms with Crippen molar-refractivity contribution in [2.24, 2.45) is 23.7 Å². The van der Waals surface area contributed by atoms with Crippen LogP contribution in [0, 0.1) is 30.6 Å². The lowest BCUT2D eigenvalue weighted by Crippen LogP contribution is -2.47. The Morgan fingerprint density at radius 1 is 0.926 bits per heavy atom. The lowest BCUT2D eigenvalue weighted by Gasteiger charge is -2.38. The quantitative estimate of drug-likeness (QED) is 0.0536. The number of phenols is 1. The van der Waals surface area contributed by atoms with Crippen LogP contribution in [0.15, 0.2) is 57.5 Å². The number of carbonyl (C=O) groups excluding carboxylic acids is 2. The van der Waals surface area contributed by atoms with Gasteiger partial charge in [0.25, 0.3) is 11.7 Å². The van der Waals surface area contributed by atoms with Crippen molar-refractivity contribution in [1.29, 1.82) is 0 Å². The van der Waals surface area contributed by atoms with Gasteiger partial charge in [-0.2, -0.15) is 0 Å². The smallest absolute Gasteiger partial charge is 0.312 e. The highest BCUT2D eigenvalue weighted by atomic mass is 127. The number of phenolic OH excluding ortho intramolecular Hbond substituents is 1. The van der Waals surface area contributed by atoms with Crippen LogP contribution in [0.25, 0.3) is 33.0 Å². The van der Waals surface area contributed by atoms with Gasteiger partial charge in [0.2, 0.25) is 0 Å². The monoisotopic (exact) mass is 1050 g/mol. The summed E-state index contributed by atoms with van der Waals surface area (Å²) in [5.41, 5.74) is 0.624. The number of allylic oxidation sites excluding steroid dienone is 2. The maximum atomic E-state index is 14.9. The first-order valence-corrected chi connectivity index (χ1v) is 24.3. The van der Waals surface area contributed by atoms with E-state index >= 15 is 0 Å². The molecule has 3 aliphatic heterocycles. The van der Waals surface area contributed by atoms with Crippen LogP contribution in [0.3, 0.4) is 0 Å². The van der Waals surface area contributed by atoms with Crippen molar-refractivity contribution < 1.29 is 52.6 Å². The highest BCUT2D eigenvalue weighted by Gasteiger charge is 2.49. The number of anilines is 2. The zero-order valence-corrected chi connectivity index (χ0v) is 43.1. The van der Waals surface area contributed by atoms with Crippen molar-refractivity contribution in [1.82, 2.24) is 9.88 Å². The molecule has 1 saturated heterocycles. The van der Waals surface area contributed by atoms with Gasteiger partial charge in [-0.25, -0.2) is 4.98 Å². The van der Waals surface area contributed by atoms with Gasteiger partial charge in [0.1, 0.15) is 28.2 Å². The van der Waals surface area contributed by atoms with Crippen LogP contribution in [0.4, 0.5) is 11.4 Å². The summed E-state index contributed by atoms with van der Waals surface area (Å²) < 4.78 is 43.5. The number of aromatic nitrogens is 1. The lowest BCUT2D eigenvalue weighted by atomic mass is 9.78. The fraction of sp³-hybridized carbons (Fsp3) is 0.529. The fourth-order valence-electron chi connectivity index (χ4n) is 10.2. The second-order valence-electron chi connectivity index (χ2n) is 18.6. The Bertz CT molecular complexity index is 2730. The molecule has 68 heavy (non-hydrogen) atoms. The number of aromatic hydroxyl groups is 1. The average molecular weight is 1050 g/mol. The number of aliphatic hydroxyl groups excluding tert-OH is 1. The Labute approximate surface area is 410 Å². The Kier molecular flexibility index (Phi) is 15.5. The number of ketones is 1. The molecule has 0 saturated carbocycles. The van der Waals surface area contributed by atoms with Crippen molar-refractivity contribution in [2.75, 3.05) is 71.4 Å². The first-order valence-electron chi connectivity index (χ1n) is 23.1. The largest absolute Gasteiger partial charge is 0.505 e. The molecule has 4 heterocycles. The van der Waals surface area contributed by atoms with E-state index in [4.69, 9.17) is 37.8 Å². The average Bonchev–Trinajstić information content (AvgIpc) is 3.58. The maximum absolute atomic E-state index is 14.9. The van der Waals surface area contributed by atoms with Gasteiger partial charge in [0.15, 0.2) is 22.3 Å². The number of Topliss-reactive ketones (excluding diaryl/α,β-unsaturated/α-hetero) is 1. The van der Waals surface area contributed by atoms with E-state index in [-0.39, 0.29) is 84.8 Å². The Balaban J connectivity index is 1.45. The number of nitrogens with one attached hydrogen (secondary N) is 1. The molecule has 17 heteroatoms. The number of amides is 1. The Morgan fingerprint density at radius 3 is 2.24 bits per heavy atom. The third-order valence-corrected chi connectivity index (χ3v) is 14.4. The van der Waals surface area contributed by atoms with Gasteiger partial charge < -0.3 is 53.3 Å². The number of nitrogens with zero attached hydrogens (tertiary/aromatic N) is 3. The zero-order chi connectivity index (χ0) is 49.5. The second-order valence-corrected chi connectivity index (χ2v) is 20.8. The minimum absolute atomic E-state index is 0.00185. The molecule has 3 N–H and O–H groups in total. The van der Waals surface area contributed by atoms with E-state index in [1.54, 1.807) is 46.5 Å². The summed E-state index contributed by atoms with van der Waals surface area (Å²) in [4.78, 5) is 53.3. The standard InChI is InChI=1S/C51H65IN4O12/c1-25-14-13-15-26(2)50(61)54-41-44(59)37-36(40-48(41)67-35-23-32(22-34(63-10)39(35)53-40)56-19-17-55(18-20-56)24-27(3)52)38-47(31(7)43(37)58)68-51(8,49(38)60)66-21-16-33(62-9)28(4)46(65-12)30(6)42(57)29(5)45(25)64-11/h13-16,21-23,25,27-30,33,42,45-46,57,59H,17-20,24H2,1-12H3,(H,54,61)/b14-13+,21-16+,26-15-/t25-,27?,28+,29-,30+,33-,42+,45-,46+,51-/m0/s1. The number of hydrogen-bond acceptors (Lipinski definition) is 15. The second kappa shape index (κ2) is 20.7. The molecule has 7 rings (SSSR count). The predicted octanol–water partition coefficient (Wildman–Crippen LogP) is 7.69. The van der Waals surface area contributed by atoms with Gasteiger partial charge in [-0.3, -0.25) is 19.3 Å². The van der Waals surface area contributed by atoms with Crippen LogP contribution in [0.1, 0.15) is 64.4 Å². The van der Waals surface area contributed by atoms with Crippen LogP contribution < -0.4 is 25.1 Å². The number of piperazine rings is 1. The first kappa shape index (κ1) is 51.1. The number of alkyl halides is 1. The number of methoxy groups -OCH3 is 4. The molecule has 0 aliphatic carbocycles. The molecule has 16 nitrogen and oxygen atoms in total. The Hall–Kier alpha value is -4.79. The third-order valence-electron chi connectivity index (χ3n) is 14.1. The lowest BCUT2D eigenvalue weighted by molar-refractivity contribution is -0.112. The van der Waals surface area contributed by atoms with E-state index in [2.05, 4.69) is 44.6 Å². The van der Waals surface area contributed by atoms with Gasteiger partial charge in [0, 0.05) is 123 Å². The number of ether oxygens (including phenoxy) is 6. The molecule has 1 amide bonds. The molecule has 3 aromatic carbocycles. The van der Waals surface area contributed by atoms with Crippen molar-refractivity contribution in [2.45, 2.75) is 89.5 Å². The van der Waals surface area contributed by atoms with Gasteiger partial charge in [-0.05, 0) is 19.9 Å². The zero-order valence-electron chi connectivity index (χ0n) is 41.0. The molecule has 4 bridgehead atoms. The van der Waals surface area contributed by atoms with Crippen LogP contribution >= 0.6 is 22.6 Å². The summed E-state index contributed by atoms with van der Waals surface area (Å²) in [6.45, 7) is 18.7.